The third kappa shape index (κ3) is 16.8. The van der Waals surface area contributed by atoms with Gasteiger partial charge in [0.2, 0.25) is 23.6 Å². The van der Waals surface area contributed by atoms with Crippen LogP contribution in [0, 0.1) is 0 Å². The maximum Gasteiger partial charge on any atom is 0.262 e. The van der Waals surface area contributed by atoms with E-state index in [-0.39, 0.29) is 174 Å². The second-order valence-electron chi connectivity index (χ2n) is 28.3. The van der Waals surface area contributed by atoms with Crippen molar-refractivity contribution in [2.24, 2.45) is 0 Å². The molecule has 4 N–H and O–H groups in total. The van der Waals surface area contributed by atoms with Gasteiger partial charge in [-0.05, 0) is 184 Å². The number of nitrogens with zero attached hydrogens (tertiary/aromatic N) is 2. The average molecular weight is 1500 g/mol. The van der Waals surface area contributed by atoms with Crippen molar-refractivity contribution < 1.29 is 66.9 Å². The molecule has 0 spiro atoms. The lowest BCUT2D eigenvalue weighted by atomic mass is 9.80. The van der Waals surface area contributed by atoms with Gasteiger partial charge in [-0.15, -0.1) is 0 Å². The number of aryl methyl sites for hydroxylation is 2. The fourth-order valence-electron chi connectivity index (χ4n) is 13.9. The molecule has 8 amide bonds. The van der Waals surface area contributed by atoms with Gasteiger partial charge in [0.1, 0.15) is 59.1 Å². The van der Waals surface area contributed by atoms with E-state index >= 15 is 19.2 Å². The molecule has 0 unspecified atom stereocenters. The van der Waals surface area contributed by atoms with Crippen molar-refractivity contribution in [2.45, 2.75) is 92.2 Å². The van der Waals surface area contributed by atoms with E-state index in [1.54, 1.807) is 76.2 Å². The second kappa shape index (κ2) is 33.5. The molecule has 2 aliphatic heterocycles. The average Bonchev–Trinajstić information content (AvgIpc) is 0.672. The topological polar surface area (TPSA) is 262 Å². The summed E-state index contributed by atoms with van der Waals surface area (Å²) in [6.45, 7) is 21.1. The maximum absolute atomic E-state index is 15.9. The number of carbonyl (C=O) groups excluding carboxylic acids is 10. The molecule has 11 aromatic rings. The van der Waals surface area contributed by atoms with Gasteiger partial charge in [0.05, 0.1) is 22.3 Å². The first-order valence-corrected chi connectivity index (χ1v) is 37.0. The molecular formula is C92H82N6O14. The fraction of sp³-hybridized carbons (Fsp3) is 0.196. The van der Waals surface area contributed by atoms with Crippen LogP contribution in [0.4, 0.5) is 0 Å². The van der Waals surface area contributed by atoms with Gasteiger partial charge in [-0.1, -0.05) is 136 Å². The van der Waals surface area contributed by atoms with Crippen LogP contribution in [0.2, 0.25) is 0 Å². The molecule has 0 saturated carbocycles. The van der Waals surface area contributed by atoms with Gasteiger partial charge in [0.25, 0.3) is 23.6 Å². The predicted molar refractivity (Wildman–Crippen MR) is 430 cm³/mol. The van der Waals surface area contributed by atoms with Crippen LogP contribution < -0.4 is 40.2 Å². The first-order chi connectivity index (χ1) is 54.0. The molecule has 20 heteroatoms. The highest BCUT2D eigenvalue weighted by Gasteiger charge is 2.42. The summed E-state index contributed by atoms with van der Waals surface area (Å²) >= 11 is 0. The van der Waals surface area contributed by atoms with Crippen molar-refractivity contribution in [3.05, 3.63) is 286 Å². The Hall–Kier alpha value is -13.6. The normalized spacial score (nSPS) is 12.3. The molecule has 20 nitrogen and oxygen atoms in total. The Morgan fingerprint density at radius 1 is 0.321 bits per heavy atom. The molecular weight excluding hydrogens is 1410 g/mol. The highest BCUT2D eigenvalue weighted by atomic mass is 16.5. The first-order valence-electron chi connectivity index (χ1n) is 37.0. The molecule has 0 saturated heterocycles. The Balaban J connectivity index is 1.09. The van der Waals surface area contributed by atoms with E-state index in [0.717, 1.165) is 43.2 Å². The summed E-state index contributed by atoms with van der Waals surface area (Å²) in [5, 5.41) is 12.9. The lowest BCUT2D eigenvalue weighted by molar-refractivity contribution is -0.122. The van der Waals surface area contributed by atoms with E-state index in [1.807, 2.05) is 109 Å². The van der Waals surface area contributed by atoms with Crippen molar-refractivity contribution in [1.29, 1.82) is 0 Å². The number of Topliss-reactive ketones (excluding diaryl/α,β-unsaturated/α-hetero) is 2. The highest BCUT2D eigenvalue weighted by molar-refractivity contribution is 6.45. The van der Waals surface area contributed by atoms with Gasteiger partial charge >= 0.3 is 0 Å². The largest absolute Gasteiger partial charge is 0.457 e. The number of hydrogen-bond acceptors (Lipinski definition) is 14. The highest BCUT2D eigenvalue weighted by Crippen LogP contribution is 2.58. The predicted octanol–water partition coefficient (Wildman–Crippen LogP) is 16.1. The number of ether oxygens (including phenoxy) is 4. The maximum atomic E-state index is 15.9. The van der Waals surface area contributed by atoms with Gasteiger partial charge in [-0.2, -0.15) is 0 Å². The van der Waals surface area contributed by atoms with E-state index in [1.165, 1.54) is 24.3 Å². The van der Waals surface area contributed by atoms with Crippen molar-refractivity contribution in [2.75, 3.05) is 26.2 Å². The number of rotatable bonds is 34. The molecule has 112 heavy (non-hydrogen) atoms. The molecule has 0 atom stereocenters. The molecule has 0 aromatic heterocycles. The molecule has 2 heterocycles. The van der Waals surface area contributed by atoms with Crippen molar-refractivity contribution in [1.82, 2.24) is 31.1 Å². The van der Waals surface area contributed by atoms with E-state index in [2.05, 4.69) is 47.6 Å². The molecule has 2 aliphatic rings. The van der Waals surface area contributed by atoms with Gasteiger partial charge in [-0.3, -0.25) is 57.7 Å². The van der Waals surface area contributed by atoms with Crippen molar-refractivity contribution in [3.8, 4) is 46.0 Å². The van der Waals surface area contributed by atoms with Crippen LogP contribution in [-0.4, -0.2) is 94.8 Å². The van der Waals surface area contributed by atoms with Crippen LogP contribution in [0.25, 0.3) is 43.1 Å². The van der Waals surface area contributed by atoms with Crippen LogP contribution >= 0.6 is 0 Å². The van der Waals surface area contributed by atoms with Gasteiger partial charge in [0, 0.05) is 93.3 Å². The van der Waals surface area contributed by atoms with Gasteiger partial charge in [-0.25, -0.2) is 0 Å². The van der Waals surface area contributed by atoms with Crippen LogP contribution in [-0.2, 0) is 67.5 Å². The number of amides is 8. The van der Waals surface area contributed by atoms with Crippen molar-refractivity contribution in [3.63, 3.8) is 0 Å². The Morgan fingerprint density at radius 2 is 0.598 bits per heavy atom. The van der Waals surface area contributed by atoms with E-state index < -0.39 is 48.5 Å². The number of imide groups is 2. The summed E-state index contributed by atoms with van der Waals surface area (Å²) < 4.78 is 28.9. The minimum Gasteiger partial charge on any atom is -0.457 e. The molecule has 11 aromatic carbocycles. The summed E-state index contributed by atoms with van der Waals surface area (Å²) in [5.41, 5.74) is 6.32. The lowest BCUT2D eigenvalue weighted by Crippen LogP contribution is -2.46. The summed E-state index contributed by atoms with van der Waals surface area (Å²) in [7, 11) is 0. The summed E-state index contributed by atoms with van der Waals surface area (Å²) in [5.74, 6) is -4.35. The zero-order valence-corrected chi connectivity index (χ0v) is 62.7. The smallest absolute Gasteiger partial charge is 0.262 e. The molecule has 0 bridgehead atoms. The van der Waals surface area contributed by atoms with Crippen LogP contribution in [0.5, 0.6) is 46.0 Å². The molecule has 0 aliphatic carbocycles. The first kappa shape index (κ1) is 76.6. The fourth-order valence-corrected chi connectivity index (χ4v) is 13.9. The van der Waals surface area contributed by atoms with E-state index in [9.17, 15) is 28.8 Å². The van der Waals surface area contributed by atoms with Gasteiger partial charge < -0.3 is 40.2 Å². The minimum atomic E-state index is -0.855. The molecule has 0 radical (unpaired) electrons. The number of hydrogen-bond donors (Lipinski definition) is 4. The third-order valence-corrected chi connectivity index (χ3v) is 19.8. The van der Waals surface area contributed by atoms with Crippen LogP contribution in [0.3, 0.4) is 0 Å². The Kier molecular flexibility index (Phi) is 22.9. The van der Waals surface area contributed by atoms with Crippen molar-refractivity contribution >= 4 is 102 Å². The second-order valence-corrected chi connectivity index (χ2v) is 28.3. The number of allylic oxidation sites excluding steroid dienone is 2. The summed E-state index contributed by atoms with van der Waals surface area (Å²) in [6, 6.07) is 52.9. The molecule has 564 valence electrons. The monoisotopic (exact) mass is 1490 g/mol. The van der Waals surface area contributed by atoms with Crippen LogP contribution in [0.15, 0.2) is 231 Å². The summed E-state index contributed by atoms with van der Waals surface area (Å²) in [6.07, 6.45) is 3.56. The Bertz CT molecular complexity index is 5040. The molecule has 13 rings (SSSR count). The quantitative estimate of drug-likeness (QED) is 0.0127. The summed E-state index contributed by atoms with van der Waals surface area (Å²) in [4.78, 5) is 144. The zero-order valence-electron chi connectivity index (χ0n) is 62.7. The number of fused-ring (bicyclic) bond motifs is 2. The van der Waals surface area contributed by atoms with Gasteiger partial charge in [0.15, 0.2) is 11.6 Å². The van der Waals surface area contributed by atoms with E-state index in [4.69, 9.17) is 18.9 Å². The number of ketones is 2. The third-order valence-electron chi connectivity index (χ3n) is 19.8. The molecule has 0 fully saturated rings. The number of nitrogens with one attached hydrogen (secondary N) is 4. The van der Waals surface area contributed by atoms with E-state index in [0.29, 0.717) is 60.8 Å². The number of benzene rings is 11. The lowest BCUT2D eigenvalue weighted by Gasteiger charge is -2.32. The minimum absolute atomic E-state index is 0.00310. The standard InChI is InChI=1S/C92H82N6O14/c1-53(2)71(99)23-15-21-57-25-33-63(34-26-57)109-73-45-67-79-68(90(106)97(89(67)105)51-77(101)95-49-61-17-11-9-12-18-61)46-74(110-64-35-27-58(28-36-64)22-16-24-72(100)54(3)4)82-84-76(112-66-39-31-60(32-40-66)42-44-94-88(104)56(7)8)48-70-80-69(91(107)98(92(70)108)52-78(102)96-50-62-19-13-10-14-20-62)47-75(83(86(80)84)81(73)85(79)82)111-65-37-29-59(30-38-65)41-43-93-87(103)55(5)6/h9-14,17-20,25-40,45-48H,1,3,5,7,15-16,21-24,41-44,49-52H2,2,4,6,8H3,(H,93,103)(H,94,104)(H,95,101)(H,96,102). The number of carbonyl (C=O) groups is 10. The Labute approximate surface area is 647 Å². The van der Waals surface area contributed by atoms with Crippen LogP contribution in [0.1, 0.15) is 128 Å². The zero-order chi connectivity index (χ0) is 79.0. The SMILES string of the molecule is C=C(C)C(=O)CCCc1ccc(Oc2cc3c4c(cc(Oc5ccc(CCCC(=O)C(=C)C)cc5)c5c6c(Oc7ccc(CCNC(=O)C(=C)C)cc7)cc7c8c(cc(Oc9ccc(CCNC(=O)C(=C)C)cc9)c(c2c45)c86)C(=O)N(CC(=O)NCc2ccccc2)C7=O)C(=O)N(CC(=O)NCc2ccccc2)C3=O)cc1. The Morgan fingerprint density at radius 3 is 0.866 bits per heavy atom.